The molecule has 0 aromatic carbocycles. The van der Waals surface area contributed by atoms with Crippen molar-refractivity contribution in [2.75, 3.05) is 12.9 Å². The van der Waals surface area contributed by atoms with E-state index in [0.29, 0.717) is 5.25 Å². The molecule has 1 fully saturated rings. The van der Waals surface area contributed by atoms with Gasteiger partial charge in [0, 0.05) is 11.8 Å². The lowest BCUT2D eigenvalue weighted by Gasteiger charge is -2.30. The third kappa shape index (κ3) is 2.65. The number of methoxy groups -OCH3 is 1. The minimum atomic E-state index is 0.104. The van der Waals surface area contributed by atoms with Crippen LogP contribution < -0.4 is 16.0 Å². The summed E-state index contributed by atoms with van der Waals surface area (Å²) >= 11 is 1.99. The van der Waals surface area contributed by atoms with E-state index in [2.05, 4.69) is 17.4 Å². The second kappa shape index (κ2) is 6.45. The third-order valence-corrected chi connectivity index (χ3v) is 4.89. The highest BCUT2D eigenvalue weighted by molar-refractivity contribution is 8.00. The fraction of sp³-hybridized carbons (Fsp3) is 0.750. The van der Waals surface area contributed by atoms with E-state index in [1.54, 1.807) is 13.3 Å². The summed E-state index contributed by atoms with van der Waals surface area (Å²) in [6.07, 6.45) is 5.55. The van der Waals surface area contributed by atoms with Crippen molar-refractivity contribution in [3.8, 4) is 5.75 Å². The van der Waals surface area contributed by atoms with E-state index in [4.69, 9.17) is 10.6 Å². The van der Waals surface area contributed by atoms with Gasteiger partial charge in [0.25, 0.3) is 0 Å². The summed E-state index contributed by atoms with van der Waals surface area (Å²) in [6.45, 7) is 2.91. The quantitative estimate of drug-likeness (QED) is 0.630. The number of hydrogen-bond acceptors (Lipinski definition) is 5. The number of hydrogen-bond donors (Lipinski definition) is 2. The first-order valence-corrected chi connectivity index (χ1v) is 7.54. The van der Waals surface area contributed by atoms with Crippen LogP contribution in [0.2, 0.25) is 0 Å². The van der Waals surface area contributed by atoms with Crippen molar-refractivity contribution in [3.05, 3.63) is 11.9 Å². The topological polar surface area (TPSA) is 65.1 Å². The number of aromatic nitrogens is 2. The Kier molecular flexibility index (Phi) is 4.91. The van der Waals surface area contributed by atoms with Crippen molar-refractivity contribution in [1.29, 1.82) is 0 Å². The fourth-order valence-electron chi connectivity index (χ4n) is 2.49. The summed E-state index contributed by atoms with van der Waals surface area (Å²) in [6, 6.07) is 0.104. The Bertz CT molecular complexity index is 355. The Morgan fingerprint density at radius 1 is 1.67 bits per heavy atom. The number of thioether (sulfide) groups is 1. The maximum absolute atomic E-state index is 5.78. The van der Waals surface area contributed by atoms with Gasteiger partial charge in [-0.15, -0.1) is 0 Å². The third-order valence-electron chi connectivity index (χ3n) is 3.43. The van der Waals surface area contributed by atoms with Gasteiger partial charge in [-0.3, -0.25) is 16.0 Å². The van der Waals surface area contributed by atoms with Gasteiger partial charge in [0.1, 0.15) is 0 Å². The van der Waals surface area contributed by atoms with E-state index in [1.807, 2.05) is 16.4 Å². The van der Waals surface area contributed by atoms with Crippen LogP contribution in [0.25, 0.3) is 0 Å². The summed E-state index contributed by atoms with van der Waals surface area (Å²) < 4.78 is 7.38. The molecule has 0 aliphatic carbocycles. The van der Waals surface area contributed by atoms with Crippen LogP contribution >= 0.6 is 11.8 Å². The predicted octanol–water partition coefficient (Wildman–Crippen LogP) is 1.70. The predicted molar refractivity (Wildman–Crippen MR) is 74.6 cm³/mol. The molecule has 18 heavy (non-hydrogen) atoms. The summed E-state index contributed by atoms with van der Waals surface area (Å²) in [7, 11) is 1.68. The van der Waals surface area contributed by atoms with Crippen LogP contribution in [-0.2, 0) is 6.54 Å². The zero-order chi connectivity index (χ0) is 13.0. The van der Waals surface area contributed by atoms with Crippen LogP contribution in [0.3, 0.4) is 0 Å². The monoisotopic (exact) mass is 270 g/mol. The molecular weight excluding hydrogens is 248 g/mol. The van der Waals surface area contributed by atoms with Crippen molar-refractivity contribution >= 4 is 11.8 Å². The van der Waals surface area contributed by atoms with Crippen LogP contribution in [-0.4, -0.2) is 27.9 Å². The maximum Gasteiger partial charge on any atom is 0.161 e. The molecule has 0 saturated carbocycles. The summed E-state index contributed by atoms with van der Waals surface area (Å²) in [5, 5.41) is 4.86. The van der Waals surface area contributed by atoms with Crippen molar-refractivity contribution in [1.82, 2.24) is 15.2 Å². The van der Waals surface area contributed by atoms with E-state index in [9.17, 15) is 0 Å². The summed E-state index contributed by atoms with van der Waals surface area (Å²) in [5.41, 5.74) is 4.03. The van der Waals surface area contributed by atoms with Crippen LogP contribution in [0.1, 0.15) is 37.9 Å². The van der Waals surface area contributed by atoms with Crippen molar-refractivity contribution in [3.63, 3.8) is 0 Å². The van der Waals surface area contributed by atoms with E-state index in [1.165, 1.54) is 25.0 Å². The SMILES string of the molecule is CCn1ncc(OC)c1C(NN)C1CCCCS1. The average Bonchev–Trinajstić information content (AvgIpc) is 2.84. The van der Waals surface area contributed by atoms with E-state index in [0.717, 1.165) is 18.0 Å². The number of ether oxygens (including phenoxy) is 1. The first-order chi connectivity index (χ1) is 8.81. The molecule has 3 N–H and O–H groups in total. The Morgan fingerprint density at radius 3 is 3.06 bits per heavy atom. The minimum Gasteiger partial charge on any atom is -0.493 e. The lowest BCUT2D eigenvalue weighted by atomic mass is 10.0. The summed E-state index contributed by atoms with van der Waals surface area (Å²) in [4.78, 5) is 0. The lowest BCUT2D eigenvalue weighted by Crippen LogP contribution is -2.38. The molecule has 0 amide bonds. The average molecular weight is 270 g/mol. The molecule has 1 aromatic heterocycles. The maximum atomic E-state index is 5.78. The first-order valence-electron chi connectivity index (χ1n) is 6.49. The molecule has 5 nitrogen and oxygen atoms in total. The number of rotatable bonds is 5. The molecule has 2 heterocycles. The van der Waals surface area contributed by atoms with E-state index < -0.39 is 0 Å². The number of nitrogens with one attached hydrogen (secondary N) is 1. The number of hydrazine groups is 1. The van der Waals surface area contributed by atoms with E-state index >= 15 is 0 Å². The molecule has 1 aliphatic rings. The smallest absolute Gasteiger partial charge is 0.161 e. The molecule has 1 saturated heterocycles. The number of aryl methyl sites for hydroxylation is 1. The van der Waals surface area contributed by atoms with Gasteiger partial charge in [-0.05, 0) is 25.5 Å². The molecule has 102 valence electrons. The van der Waals surface area contributed by atoms with Crippen LogP contribution in [0.4, 0.5) is 0 Å². The Hall–Kier alpha value is -0.720. The highest BCUT2D eigenvalue weighted by Gasteiger charge is 2.30. The largest absolute Gasteiger partial charge is 0.493 e. The van der Waals surface area contributed by atoms with Gasteiger partial charge in [-0.1, -0.05) is 6.42 Å². The van der Waals surface area contributed by atoms with Crippen molar-refractivity contribution < 1.29 is 4.74 Å². The van der Waals surface area contributed by atoms with Crippen molar-refractivity contribution in [2.45, 2.75) is 44.0 Å². The lowest BCUT2D eigenvalue weighted by molar-refractivity contribution is 0.384. The fourth-order valence-corrected chi connectivity index (χ4v) is 3.90. The molecular formula is C12H22N4OS. The molecule has 2 unspecified atom stereocenters. The van der Waals surface area contributed by atoms with Gasteiger partial charge in [-0.25, -0.2) is 0 Å². The Balaban J connectivity index is 2.27. The van der Waals surface area contributed by atoms with Crippen molar-refractivity contribution in [2.24, 2.45) is 5.84 Å². The number of nitrogens with two attached hydrogens (primary N) is 1. The zero-order valence-electron chi connectivity index (χ0n) is 11.1. The van der Waals surface area contributed by atoms with Gasteiger partial charge in [0.2, 0.25) is 0 Å². The van der Waals surface area contributed by atoms with Crippen LogP contribution in [0.15, 0.2) is 6.20 Å². The Labute approximate surface area is 112 Å². The van der Waals surface area contributed by atoms with Crippen LogP contribution in [0.5, 0.6) is 5.75 Å². The van der Waals surface area contributed by atoms with Gasteiger partial charge < -0.3 is 4.74 Å². The standard InChI is InChI=1S/C12H22N4OS/c1-3-16-12(9(17-2)8-14-16)11(15-13)10-6-4-5-7-18-10/h8,10-11,15H,3-7,13H2,1-2H3. The molecule has 1 aromatic rings. The molecule has 0 bridgehead atoms. The van der Waals surface area contributed by atoms with E-state index in [-0.39, 0.29) is 6.04 Å². The molecule has 0 radical (unpaired) electrons. The Morgan fingerprint density at radius 2 is 2.50 bits per heavy atom. The molecule has 2 rings (SSSR count). The van der Waals surface area contributed by atoms with Crippen LogP contribution in [0, 0.1) is 0 Å². The van der Waals surface area contributed by atoms with Gasteiger partial charge in [0.05, 0.1) is 25.0 Å². The second-order valence-corrected chi connectivity index (χ2v) is 5.81. The second-order valence-electron chi connectivity index (χ2n) is 4.46. The molecule has 1 aliphatic heterocycles. The molecule has 6 heteroatoms. The van der Waals surface area contributed by atoms with Gasteiger partial charge >= 0.3 is 0 Å². The first kappa shape index (κ1) is 13.7. The number of nitrogens with zero attached hydrogens (tertiary/aromatic N) is 2. The molecule has 2 atom stereocenters. The summed E-state index contributed by atoms with van der Waals surface area (Å²) in [5.74, 6) is 7.82. The normalized spacial score (nSPS) is 21.8. The zero-order valence-corrected chi connectivity index (χ0v) is 11.9. The minimum absolute atomic E-state index is 0.104. The highest BCUT2D eigenvalue weighted by Crippen LogP contribution is 2.37. The molecule has 0 spiro atoms. The van der Waals surface area contributed by atoms with Gasteiger partial charge in [-0.2, -0.15) is 16.9 Å². The highest BCUT2D eigenvalue weighted by atomic mass is 32.2. The van der Waals surface area contributed by atoms with Gasteiger partial charge in [0.15, 0.2) is 5.75 Å².